The molecule has 4 rings (SSSR count). The van der Waals surface area contributed by atoms with E-state index in [9.17, 15) is 4.79 Å². The quantitative estimate of drug-likeness (QED) is 0.730. The van der Waals surface area contributed by atoms with Gasteiger partial charge in [0.15, 0.2) is 0 Å². The van der Waals surface area contributed by atoms with Crippen molar-refractivity contribution in [2.45, 2.75) is 19.8 Å². The smallest absolute Gasteiger partial charge is 0.316 e. The van der Waals surface area contributed by atoms with E-state index in [0.29, 0.717) is 5.82 Å². The van der Waals surface area contributed by atoms with Crippen molar-refractivity contribution in [3.05, 3.63) is 40.5 Å². The number of benzene rings is 1. The molecule has 1 fully saturated rings. The Balaban J connectivity index is 1.61. The maximum Gasteiger partial charge on any atom is 0.316 e. The highest BCUT2D eigenvalue weighted by Gasteiger charge is 2.25. The molecule has 2 aromatic heterocycles. The van der Waals surface area contributed by atoms with Gasteiger partial charge >= 0.3 is 11.8 Å². The van der Waals surface area contributed by atoms with Crippen LogP contribution in [0.4, 0.5) is 0 Å². The van der Waals surface area contributed by atoms with Crippen molar-refractivity contribution in [2.75, 3.05) is 13.1 Å². The monoisotopic (exact) mass is 340 g/mol. The Hall–Kier alpha value is -2.54. The Morgan fingerprint density at radius 1 is 1.21 bits per heavy atom. The minimum Gasteiger partial charge on any atom is -0.334 e. The van der Waals surface area contributed by atoms with Gasteiger partial charge in [-0.05, 0) is 25.8 Å². The van der Waals surface area contributed by atoms with Crippen LogP contribution in [0.2, 0.25) is 0 Å². The van der Waals surface area contributed by atoms with E-state index in [0.717, 1.165) is 47.8 Å². The highest BCUT2D eigenvalue weighted by molar-refractivity contribution is 7.09. The molecule has 1 aromatic carbocycles. The van der Waals surface area contributed by atoms with Crippen molar-refractivity contribution in [1.29, 1.82) is 0 Å². The molecule has 7 heteroatoms. The molecular weight excluding hydrogens is 324 g/mol. The highest BCUT2D eigenvalue weighted by atomic mass is 32.1. The fraction of sp³-hybridized carbons (Fsp3) is 0.294. The molecule has 122 valence electrons. The van der Waals surface area contributed by atoms with Crippen LogP contribution in [0.3, 0.4) is 0 Å². The second-order valence-corrected chi connectivity index (χ2v) is 6.82. The van der Waals surface area contributed by atoms with Gasteiger partial charge in [0.25, 0.3) is 0 Å². The Labute approximate surface area is 143 Å². The third kappa shape index (κ3) is 2.82. The fourth-order valence-corrected chi connectivity index (χ4v) is 3.42. The summed E-state index contributed by atoms with van der Waals surface area (Å²) in [6.45, 7) is 3.50. The molecule has 3 aromatic rings. The molecule has 0 atom stereocenters. The molecule has 6 nitrogen and oxygen atoms in total. The summed E-state index contributed by atoms with van der Waals surface area (Å²) in [5.74, 6) is 0.297. The van der Waals surface area contributed by atoms with Gasteiger partial charge in [-0.3, -0.25) is 4.79 Å². The average Bonchev–Trinajstić information content (AvgIpc) is 3.35. The summed E-state index contributed by atoms with van der Waals surface area (Å²) in [5, 5.41) is 7.01. The van der Waals surface area contributed by atoms with Gasteiger partial charge in [-0.25, -0.2) is 4.98 Å². The first-order chi connectivity index (χ1) is 11.7. The number of amides is 1. The molecule has 0 unspecified atom stereocenters. The molecule has 24 heavy (non-hydrogen) atoms. The first kappa shape index (κ1) is 15.0. The number of hydrogen-bond donors (Lipinski definition) is 0. The molecule has 1 aliphatic heterocycles. The Morgan fingerprint density at radius 3 is 2.75 bits per heavy atom. The van der Waals surface area contributed by atoms with Gasteiger partial charge in [0.05, 0.1) is 10.7 Å². The minimum absolute atomic E-state index is 0.0572. The molecule has 0 bridgehead atoms. The van der Waals surface area contributed by atoms with Gasteiger partial charge in [0.1, 0.15) is 0 Å². The van der Waals surface area contributed by atoms with Crippen molar-refractivity contribution in [1.82, 2.24) is 20.0 Å². The van der Waals surface area contributed by atoms with Crippen LogP contribution in [0.25, 0.3) is 22.6 Å². The van der Waals surface area contributed by atoms with E-state index in [-0.39, 0.29) is 11.8 Å². The topological polar surface area (TPSA) is 72.1 Å². The molecule has 3 heterocycles. The van der Waals surface area contributed by atoms with Gasteiger partial charge in [-0.2, -0.15) is 4.98 Å². The molecular formula is C17H16N4O2S. The SMILES string of the molecule is Cc1nc(-c2cccc(-c3noc(C(=O)N4CCCC4)n3)c2)cs1. The van der Waals surface area contributed by atoms with Crippen LogP contribution in [0.15, 0.2) is 34.2 Å². The molecule has 1 amide bonds. The van der Waals surface area contributed by atoms with Crippen LogP contribution >= 0.6 is 11.3 Å². The second kappa shape index (κ2) is 6.16. The van der Waals surface area contributed by atoms with Gasteiger partial charge < -0.3 is 9.42 Å². The summed E-state index contributed by atoms with van der Waals surface area (Å²) in [4.78, 5) is 22.8. The molecule has 1 saturated heterocycles. The van der Waals surface area contributed by atoms with E-state index in [1.807, 2.05) is 36.6 Å². The van der Waals surface area contributed by atoms with Crippen molar-refractivity contribution < 1.29 is 9.32 Å². The van der Waals surface area contributed by atoms with Crippen LogP contribution in [-0.2, 0) is 0 Å². The lowest BCUT2D eigenvalue weighted by Crippen LogP contribution is -2.27. The fourth-order valence-electron chi connectivity index (χ4n) is 2.80. The third-order valence-corrected chi connectivity index (χ3v) is 4.81. The molecule has 1 aliphatic rings. The number of aryl methyl sites for hydroxylation is 1. The minimum atomic E-state index is -0.183. The van der Waals surface area contributed by atoms with Crippen molar-refractivity contribution in [3.8, 4) is 22.6 Å². The van der Waals surface area contributed by atoms with Crippen LogP contribution < -0.4 is 0 Å². The lowest BCUT2D eigenvalue weighted by Gasteiger charge is -2.10. The van der Waals surface area contributed by atoms with E-state index < -0.39 is 0 Å². The number of aromatic nitrogens is 3. The Kier molecular flexibility index (Phi) is 3.86. The summed E-state index contributed by atoms with van der Waals surface area (Å²) in [5.41, 5.74) is 2.73. The highest BCUT2D eigenvalue weighted by Crippen LogP contribution is 2.26. The third-order valence-electron chi connectivity index (χ3n) is 4.04. The standard InChI is InChI=1S/C17H16N4O2S/c1-11-18-14(10-24-11)12-5-4-6-13(9-12)15-19-16(23-20-15)17(22)21-7-2-3-8-21/h4-6,9-10H,2-3,7-8H2,1H3. The predicted molar refractivity (Wildman–Crippen MR) is 90.7 cm³/mol. The lowest BCUT2D eigenvalue weighted by molar-refractivity contribution is 0.0743. The largest absolute Gasteiger partial charge is 0.334 e. The number of rotatable bonds is 3. The number of nitrogens with zero attached hydrogens (tertiary/aromatic N) is 4. The average molecular weight is 340 g/mol. The van der Waals surface area contributed by atoms with E-state index in [1.54, 1.807) is 16.2 Å². The van der Waals surface area contributed by atoms with Gasteiger partial charge in [-0.15, -0.1) is 11.3 Å². The van der Waals surface area contributed by atoms with Crippen LogP contribution in [0.5, 0.6) is 0 Å². The van der Waals surface area contributed by atoms with E-state index in [2.05, 4.69) is 15.1 Å². The maximum absolute atomic E-state index is 12.3. The van der Waals surface area contributed by atoms with Crippen LogP contribution in [0.1, 0.15) is 28.5 Å². The Bertz CT molecular complexity index is 880. The number of thiazole rings is 1. The number of hydrogen-bond acceptors (Lipinski definition) is 6. The molecule has 0 saturated carbocycles. The number of carbonyl (C=O) groups excluding carboxylic acids is 1. The molecule has 0 radical (unpaired) electrons. The van der Waals surface area contributed by atoms with E-state index in [4.69, 9.17) is 4.52 Å². The van der Waals surface area contributed by atoms with Crippen molar-refractivity contribution >= 4 is 17.2 Å². The zero-order chi connectivity index (χ0) is 16.5. The first-order valence-corrected chi connectivity index (χ1v) is 8.74. The van der Waals surface area contributed by atoms with E-state index >= 15 is 0 Å². The van der Waals surface area contributed by atoms with Gasteiger partial charge in [0.2, 0.25) is 5.82 Å². The number of carbonyl (C=O) groups is 1. The summed E-state index contributed by atoms with van der Waals surface area (Å²) in [6, 6.07) is 7.78. The Morgan fingerprint density at radius 2 is 2.00 bits per heavy atom. The maximum atomic E-state index is 12.3. The summed E-state index contributed by atoms with van der Waals surface area (Å²) in [6.07, 6.45) is 2.06. The summed E-state index contributed by atoms with van der Waals surface area (Å²) < 4.78 is 5.18. The van der Waals surface area contributed by atoms with Crippen molar-refractivity contribution in [2.24, 2.45) is 0 Å². The lowest BCUT2D eigenvalue weighted by atomic mass is 10.1. The zero-order valence-corrected chi connectivity index (χ0v) is 14.0. The number of likely N-dealkylation sites (tertiary alicyclic amines) is 1. The molecule has 0 aliphatic carbocycles. The van der Waals surface area contributed by atoms with Crippen LogP contribution in [0, 0.1) is 6.92 Å². The zero-order valence-electron chi connectivity index (χ0n) is 13.2. The van der Waals surface area contributed by atoms with Gasteiger partial charge in [-0.1, -0.05) is 23.4 Å². The molecule has 0 N–H and O–H groups in total. The van der Waals surface area contributed by atoms with Gasteiger partial charge in [0, 0.05) is 29.6 Å². The van der Waals surface area contributed by atoms with E-state index in [1.165, 1.54) is 0 Å². The molecule has 0 spiro atoms. The van der Waals surface area contributed by atoms with Crippen LogP contribution in [-0.4, -0.2) is 39.0 Å². The first-order valence-electron chi connectivity index (χ1n) is 7.86. The van der Waals surface area contributed by atoms with Crippen molar-refractivity contribution in [3.63, 3.8) is 0 Å². The normalized spacial score (nSPS) is 14.3. The second-order valence-electron chi connectivity index (χ2n) is 5.76. The predicted octanol–water partition coefficient (Wildman–Crippen LogP) is 3.40. The summed E-state index contributed by atoms with van der Waals surface area (Å²) >= 11 is 1.61. The summed E-state index contributed by atoms with van der Waals surface area (Å²) in [7, 11) is 0.